The first-order valence-corrected chi connectivity index (χ1v) is 19.4. The van der Waals surface area contributed by atoms with E-state index in [9.17, 15) is 72.9 Å². The lowest BCUT2D eigenvalue weighted by atomic mass is 9.99. The van der Waals surface area contributed by atoms with Crippen LogP contribution >= 0.6 is 28.3 Å². The molecule has 1 aliphatic carbocycles. The van der Waals surface area contributed by atoms with E-state index in [4.69, 9.17) is 10.8 Å². The van der Waals surface area contributed by atoms with Crippen molar-refractivity contribution in [3.8, 4) is 0 Å². The van der Waals surface area contributed by atoms with Crippen LogP contribution in [0, 0.1) is 20.2 Å². The van der Waals surface area contributed by atoms with E-state index in [-0.39, 0.29) is 54.2 Å². The van der Waals surface area contributed by atoms with Crippen LogP contribution in [0.2, 0.25) is 0 Å². The van der Waals surface area contributed by atoms with Gasteiger partial charge < -0.3 is 20.6 Å². The molecule has 0 bridgehead atoms. The summed E-state index contributed by atoms with van der Waals surface area (Å²) in [6.07, 6.45) is -9.70. The second-order valence-corrected chi connectivity index (χ2v) is 14.7. The molecule has 1 saturated carbocycles. The highest BCUT2D eigenvalue weighted by molar-refractivity contribution is 9.10. The number of aliphatic hydroxyl groups is 1. The number of non-ortho nitro benzene ring substituents is 2. The van der Waals surface area contributed by atoms with Gasteiger partial charge in [-0.3, -0.25) is 20.2 Å². The summed E-state index contributed by atoms with van der Waals surface area (Å²) in [4.78, 5) is 22.5. The zero-order chi connectivity index (χ0) is 46.3. The molecule has 0 unspecified atom stereocenters. The Kier molecular flexibility index (Phi) is 22.6. The van der Waals surface area contributed by atoms with Gasteiger partial charge in [0.05, 0.1) is 26.5 Å². The van der Waals surface area contributed by atoms with Crippen LogP contribution in [0.25, 0.3) is 0 Å². The summed E-state index contributed by atoms with van der Waals surface area (Å²) in [6, 6.07) is 8.21. The van der Waals surface area contributed by atoms with Crippen LogP contribution in [0.4, 0.5) is 81.1 Å². The molecule has 3 aliphatic rings. The number of nitrogens with two attached hydrogens (primary N) is 1. The van der Waals surface area contributed by atoms with Crippen molar-refractivity contribution in [3.63, 3.8) is 0 Å². The van der Waals surface area contributed by atoms with E-state index in [1.807, 2.05) is 0 Å². The molecular formula is C38H45BrClF12N5O5. The van der Waals surface area contributed by atoms with E-state index in [1.165, 1.54) is 12.5 Å². The largest absolute Gasteiger partial charge is 0.416 e. The number of hydrogen-bond donors (Lipinski definition) is 2. The van der Waals surface area contributed by atoms with E-state index >= 15 is 0 Å². The van der Waals surface area contributed by atoms with E-state index in [0.717, 1.165) is 69.2 Å². The number of anilines is 3. The number of hydrogen-bond acceptors (Lipinski definition) is 8. The zero-order valence-corrected chi connectivity index (χ0v) is 35.3. The van der Waals surface area contributed by atoms with Gasteiger partial charge in [-0.25, -0.2) is 13.2 Å². The highest BCUT2D eigenvalue weighted by Gasteiger charge is 2.35. The Labute approximate surface area is 363 Å². The predicted molar refractivity (Wildman–Crippen MR) is 216 cm³/mol. The smallest absolute Gasteiger partial charge is 0.400 e. The number of rotatable bonds is 4. The quantitative estimate of drug-likeness (QED) is 0.114. The molecule has 350 valence electrons. The lowest BCUT2D eigenvalue weighted by Gasteiger charge is -2.31. The van der Waals surface area contributed by atoms with Gasteiger partial charge in [0, 0.05) is 79.1 Å². The van der Waals surface area contributed by atoms with Gasteiger partial charge in [0.15, 0.2) is 0 Å². The standard InChI is InChI=1S/C12H12F4N2O2.C12H14F4N2.C7H3BrF3NO2.C6H11F.CH4O.ClH/c13-9-1-3-17(4-2-9)10-5-8(12(14,15)16)6-11(7-10)18(19)20;13-9-1-3-18(4-2-9)11-6-8(12(14,15)16)5-10(17)7-11;8-5-1-4(7(9,10)11)2-6(3-5)12(13)14;7-6-4-2-1-3-5-6;1-2;/h5-7,9H,1-4H2;5-7,9H,1-4,17H2;1-3H;6H,1-5H2;2H,1H3;1H. The van der Waals surface area contributed by atoms with Gasteiger partial charge in [-0.15, -0.1) is 12.4 Å². The number of piperidine rings is 2. The Morgan fingerprint density at radius 2 is 0.903 bits per heavy atom. The summed E-state index contributed by atoms with van der Waals surface area (Å²) in [7, 11) is 1.00. The molecule has 3 aromatic carbocycles. The molecule has 6 rings (SSSR count). The fourth-order valence-electron chi connectivity index (χ4n) is 6.14. The molecule has 0 amide bonds. The number of aliphatic hydroxyl groups excluding tert-OH is 1. The Bertz CT molecular complexity index is 1860. The van der Waals surface area contributed by atoms with Gasteiger partial charge >= 0.3 is 18.5 Å². The van der Waals surface area contributed by atoms with Crippen molar-refractivity contribution in [1.82, 2.24) is 0 Å². The number of halogens is 14. The van der Waals surface area contributed by atoms with Crippen molar-refractivity contribution < 1.29 is 67.6 Å². The number of alkyl halides is 12. The summed E-state index contributed by atoms with van der Waals surface area (Å²) in [5, 5.41) is 28.0. The summed E-state index contributed by atoms with van der Waals surface area (Å²) in [5.41, 5.74) is 2.00. The van der Waals surface area contributed by atoms with Crippen LogP contribution < -0.4 is 15.5 Å². The van der Waals surface area contributed by atoms with Crippen molar-refractivity contribution in [1.29, 1.82) is 0 Å². The summed E-state index contributed by atoms with van der Waals surface area (Å²) >= 11 is 2.77. The van der Waals surface area contributed by atoms with Crippen LogP contribution in [-0.4, -0.2) is 66.8 Å². The van der Waals surface area contributed by atoms with Gasteiger partial charge in [0.25, 0.3) is 11.4 Å². The van der Waals surface area contributed by atoms with Crippen LogP contribution in [0.3, 0.4) is 0 Å². The molecule has 2 aliphatic heterocycles. The van der Waals surface area contributed by atoms with Gasteiger partial charge in [-0.1, -0.05) is 35.2 Å². The molecule has 3 N–H and O–H groups in total. The highest BCUT2D eigenvalue weighted by atomic mass is 79.9. The van der Waals surface area contributed by atoms with Crippen molar-refractivity contribution >= 4 is 56.8 Å². The highest BCUT2D eigenvalue weighted by Crippen LogP contribution is 2.37. The normalized spacial score (nSPS) is 16.4. The number of nitrogens with zero attached hydrogens (tertiary/aromatic N) is 4. The number of nitro groups is 2. The SMILES string of the molecule is CO.Cl.FC1CCCCC1.Nc1cc(N2CCC(F)CC2)cc(C(F)(F)F)c1.O=[N+]([O-])c1cc(Br)cc(C(F)(F)F)c1.O=[N+]([O-])c1cc(N2CCC(F)CC2)cc(C(F)(F)F)c1. The molecule has 2 heterocycles. The second kappa shape index (κ2) is 25.1. The van der Waals surface area contributed by atoms with Gasteiger partial charge in [0.1, 0.15) is 18.5 Å². The maximum absolute atomic E-state index is 13.0. The third-order valence-corrected chi connectivity index (χ3v) is 9.70. The van der Waals surface area contributed by atoms with Crippen molar-refractivity contribution in [3.05, 3.63) is 96.0 Å². The van der Waals surface area contributed by atoms with Crippen LogP contribution in [-0.2, 0) is 18.5 Å². The van der Waals surface area contributed by atoms with Gasteiger partial charge in [0.2, 0.25) is 0 Å². The Hall–Kier alpha value is -4.25. The van der Waals surface area contributed by atoms with E-state index in [0.29, 0.717) is 43.8 Å². The molecule has 3 fully saturated rings. The first-order chi connectivity index (χ1) is 28.3. The minimum absolute atomic E-state index is 0. The van der Waals surface area contributed by atoms with Gasteiger partial charge in [-0.2, -0.15) is 39.5 Å². The van der Waals surface area contributed by atoms with Crippen molar-refractivity contribution in [2.24, 2.45) is 0 Å². The maximum Gasteiger partial charge on any atom is 0.416 e. The van der Waals surface area contributed by atoms with Gasteiger partial charge in [-0.05, 0) is 68.9 Å². The molecule has 0 aromatic heterocycles. The number of benzene rings is 3. The minimum atomic E-state index is -4.65. The molecule has 0 spiro atoms. The lowest BCUT2D eigenvalue weighted by Crippen LogP contribution is -2.34. The molecule has 3 aromatic rings. The molecular weight excluding hydrogens is 950 g/mol. The number of nitro benzene ring substituents is 2. The van der Waals surface area contributed by atoms with E-state index < -0.39 is 75.0 Å². The van der Waals surface area contributed by atoms with Crippen LogP contribution in [0.1, 0.15) is 74.5 Å². The first kappa shape index (κ1) is 55.8. The average Bonchev–Trinajstić information content (AvgIpc) is 3.18. The third kappa shape index (κ3) is 19.0. The molecule has 0 atom stereocenters. The summed E-state index contributed by atoms with van der Waals surface area (Å²) in [5.74, 6) is 0. The second-order valence-electron chi connectivity index (χ2n) is 13.8. The molecule has 62 heavy (non-hydrogen) atoms. The monoisotopic (exact) mass is 993 g/mol. The third-order valence-electron chi connectivity index (χ3n) is 9.24. The average molecular weight is 995 g/mol. The van der Waals surface area contributed by atoms with E-state index in [1.54, 1.807) is 9.80 Å². The van der Waals surface area contributed by atoms with E-state index in [2.05, 4.69) is 15.9 Å². The zero-order valence-electron chi connectivity index (χ0n) is 32.9. The molecule has 24 heteroatoms. The van der Waals surface area contributed by atoms with Crippen molar-refractivity contribution in [2.45, 2.75) is 94.8 Å². The van der Waals surface area contributed by atoms with Crippen LogP contribution in [0.5, 0.6) is 0 Å². The lowest BCUT2D eigenvalue weighted by molar-refractivity contribution is -0.385. The first-order valence-electron chi connectivity index (χ1n) is 18.6. The number of nitrogen functional groups attached to an aromatic ring is 1. The Balaban J connectivity index is 0.000000424. The summed E-state index contributed by atoms with van der Waals surface area (Å²) < 4.78 is 151. The molecule has 0 radical (unpaired) electrons. The fourth-order valence-corrected chi connectivity index (χ4v) is 6.62. The van der Waals surface area contributed by atoms with Crippen LogP contribution in [0.15, 0.2) is 59.1 Å². The Morgan fingerprint density at radius 1 is 0.565 bits per heavy atom. The maximum atomic E-state index is 13.0. The van der Waals surface area contributed by atoms with Crippen molar-refractivity contribution in [2.75, 3.05) is 48.8 Å². The molecule has 2 saturated heterocycles. The minimum Gasteiger partial charge on any atom is -0.400 e. The topological polar surface area (TPSA) is 139 Å². The Morgan fingerprint density at radius 3 is 1.26 bits per heavy atom. The molecule has 10 nitrogen and oxygen atoms in total. The predicted octanol–water partition coefficient (Wildman–Crippen LogP) is 12.5. The fraction of sp³-hybridized carbons (Fsp3) is 0.526. The summed E-state index contributed by atoms with van der Waals surface area (Å²) in [6.45, 7) is 1.34.